The fourth-order valence-corrected chi connectivity index (χ4v) is 3.41. The average molecular weight is 445 g/mol. The Morgan fingerprint density at radius 3 is 2.28 bits per heavy atom. The molecule has 0 radical (unpaired) electrons. The number of alkyl halides is 3. The fraction of sp³-hybridized carbons (Fsp3) is 0.250. The number of aliphatic hydroxyl groups is 1. The molecule has 2 heterocycles. The molecule has 0 fully saturated rings. The van der Waals surface area contributed by atoms with Gasteiger partial charge in [0.05, 0.1) is 23.8 Å². The van der Waals surface area contributed by atoms with Crippen molar-refractivity contribution in [1.29, 1.82) is 0 Å². The molecule has 12 heteroatoms. The number of rotatable bonds is 6. The topological polar surface area (TPSA) is 104 Å². The highest BCUT2D eigenvalue weighted by molar-refractivity contribution is 5.34. The van der Waals surface area contributed by atoms with Gasteiger partial charge in [-0.05, 0) is 47.2 Å². The van der Waals surface area contributed by atoms with Gasteiger partial charge in [-0.15, -0.1) is 0 Å². The van der Waals surface area contributed by atoms with Crippen molar-refractivity contribution in [3.05, 3.63) is 88.9 Å². The van der Waals surface area contributed by atoms with Crippen molar-refractivity contribution in [3.63, 3.8) is 0 Å². The molecule has 166 valence electrons. The van der Waals surface area contributed by atoms with E-state index in [1.54, 1.807) is 37.3 Å². The van der Waals surface area contributed by atoms with Crippen LogP contribution < -0.4 is 5.69 Å². The summed E-state index contributed by atoms with van der Waals surface area (Å²) in [5.74, 6) is 0. The third-order valence-corrected chi connectivity index (χ3v) is 5.24. The van der Waals surface area contributed by atoms with Crippen LogP contribution in [0.3, 0.4) is 0 Å². The maximum absolute atomic E-state index is 13.0. The predicted molar refractivity (Wildman–Crippen MR) is 106 cm³/mol. The normalized spacial score (nSPS) is 14.8. The van der Waals surface area contributed by atoms with Crippen LogP contribution in [-0.2, 0) is 18.3 Å². The van der Waals surface area contributed by atoms with Gasteiger partial charge in [0.25, 0.3) is 0 Å². The van der Waals surface area contributed by atoms with Crippen molar-refractivity contribution >= 4 is 0 Å². The first kappa shape index (κ1) is 21.4. The molecule has 0 spiro atoms. The Morgan fingerprint density at radius 2 is 1.69 bits per heavy atom. The molecule has 0 saturated carbocycles. The lowest BCUT2D eigenvalue weighted by atomic mass is 9.87. The molecule has 0 unspecified atom stereocenters. The zero-order chi connectivity index (χ0) is 22.9. The second kappa shape index (κ2) is 8.04. The maximum atomic E-state index is 13.0. The van der Waals surface area contributed by atoms with Crippen molar-refractivity contribution in [2.75, 3.05) is 0 Å². The average Bonchev–Trinajstić information content (AvgIpc) is 3.42. The lowest BCUT2D eigenvalue weighted by Crippen LogP contribution is -2.43. The van der Waals surface area contributed by atoms with Crippen LogP contribution in [0, 0.1) is 0 Å². The van der Waals surface area contributed by atoms with Gasteiger partial charge in [0, 0.05) is 0 Å². The quantitative estimate of drug-likeness (QED) is 0.488. The summed E-state index contributed by atoms with van der Waals surface area (Å²) in [6.45, 7) is 1.56. The van der Waals surface area contributed by atoms with Gasteiger partial charge in [-0.3, -0.25) is 0 Å². The van der Waals surface area contributed by atoms with E-state index in [2.05, 4.69) is 20.5 Å². The van der Waals surface area contributed by atoms with Gasteiger partial charge in [0.2, 0.25) is 0 Å². The summed E-state index contributed by atoms with van der Waals surface area (Å²) in [6.07, 6.45) is -1.74. The molecule has 32 heavy (non-hydrogen) atoms. The third kappa shape index (κ3) is 3.91. The summed E-state index contributed by atoms with van der Waals surface area (Å²) in [5.41, 5.74) is -2.56. The van der Waals surface area contributed by atoms with Gasteiger partial charge in [0.15, 0.2) is 0 Å². The van der Waals surface area contributed by atoms with Gasteiger partial charge < -0.3 is 5.11 Å². The number of halogens is 3. The van der Waals surface area contributed by atoms with E-state index in [9.17, 15) is 23.1 Å². The number of benzene rings is 2. The summed E-state index contributed by atoms with van der Waals surface area (Å²) >= 11 is 0. The molecule has 1 N–H and O–H groups in total. The molecular weight excluding hydrogens is 427 g/mol. The molecule has 2 aromatic carbocycles. The minimum atomic E-state index is -4.50. The van der Waals surface area contributed by atoms with Crippen LogP contribution in [0.2, 0.25) is 0 Å². The molecule has 2 atom stereocenters. The van der Waals surface area contributed by atoms with Crippen LogP contribution in [0.15, 0.2) is 72.0 Å². The highest BCUT2D eigenvalue weighted by Gasteiger charge is 2.40. The maximum Gasteiger partial charge on any atom is 0.416 e. The fourth-order valence-electron chi connectivity index (χ4n) is 3.41. The van der Waals surface area contributed by atoms with Crippen molar-refractivity contribution in [2.45, 2.75) is 31.3 Å². The molecule has 0 aliphatic rings. The van der Waals surface area contributed by atoms with Crippen LogP contribution in [0.4, 0.5) is 13.2 Å². The van der Waals surface area contributed by atoms with Crippen LogP contribution in [-0.4, -0.2) is 39.7 Å². The second-order valence-electron chi connectivity index (χ2n) is 7.22. The van der Waals surface area contributed by atoms with E-state index in [0.717, 1.165) is 33.6 Å². The van der Waals surface area contributed by atoms with Crippen molar-refractivity contribution in [1.82, 2.24) is 34.6 Å². The molecule has 0 aliphatic heterocycles. The third-order valence-electron chi connectivity index (χ3n) is 5.24. The Bertz CT molecular complexity index is 1230. The summed E-state index contributed by atoms with van der Waals surface area (Å²) in [4.78, 5) is 16.9. The highest BCUT2D eigenvalue weighted by Crippen LogP contribution is 2.34. The number of tetrazole rings is 1. The highest BCUT2D eigenvalue weighted by atomic mass is 19.4. The first-order valence-electron chi connectivity index (χ1n) is 9.52. The standard InChI is InChI=1S/C20H18F3N7O2/c1-14(19(32,11-28-13-24-12-25-28)15-5-3-2-4-6-15)29-18(31)30(27-26-29)17-9-7-16(8-10-17)20(21,22)23/h2-10,12-14,32H,11H2,1H3/t14-,19-/m1/s1. The zero-order valence-electron chi connectivity index (χ0n) is 16.8. The molecule has 0 saturated heterocycles. The Morgan fingerprint density at radius 1 is 1.00 bits per heavy atom. The van der Waals surface area contributed by atoms with Crippen LogP contribution >= 0.6 is 0 Å². The van der Waals surface area contributed by atoms with Crippen molar-refractivity contribution in [3.8, 4) is 5.69 Å². The van der Waals surface area contributed by atoms with Crippen LogP contribution in [0.1, 0.15) is 24.1 Å². The predicted octanol–water partition coefficient (Wildman–Crippen LogP) is 2.19. The smallest absolute Gasteiger partial charge is 0.381 e. The van der Waals surface area contributed by atoms with Gasteiger partial charge in [-0.25, -0.2) is 14.5 Å². The van der Waals surface area contributed by atoms with E-state index in [0.29, 0.717) is 5.56 Å². The number of aromatic nitrogens is 7. The minimum Gasteiger partial charge on any atom is -0.381 e. The van der Waals surface area contributed by atoms with Gasteiger partial charge in [-0.1, -0.05) is 30.3 Å². The molecule has 0 amide bonds. The molecule has 4 aromatic rings. The van der Waals surface area contributed by atoms with Crippen molar-refractivity contribution < 1.29 is 18.3 Å². The van der Waals surface area contributed by atoms with Gasteiger partial charge in [0.1, 0.15) is 18.3 Å². The molecule has 0 bridgehead atoms. The van der Waals surface area contributed by atoms with E-state index in [-0.39, 0.29) is 12.2 Å². The lowest BCUT2D eigenvalue weighted by molar-refractivity contribution is -0.137. The summed E-state index contributed by atoms with van der Waals surface area (Å²) in [7, 11) is 0. The number of nitrogens with zero attached hydrogens (tertiary/aromatic N) is 7. The molecule has 4 rings (SSSR count). The largest absolute Gasteiger partial charge is 0.416 e. The number of hydrogen-bond donors (Lipinski definition) is 1. The SMILES string of the molecule is C[C@@H](n1nnn(-c2ccc(C(F)(F)F)cc2)c1=O)[C@](O)(Cn1cncn1)c1ccccc1. The first-order chi connectivity index (χ1) is 15.2. The van der Waals surface area contributed by atoms with Crippen molar-refractivity contribution in [2.24, 2.45) is 0 Å². The summed E-state index contributed by atoms with van der Waals surface area (Å²) in [5, 5.41) is 23.4. The zero-order valence-corrected chi connectivity index (χ0v) is 16.8. The summed E-state index contributed by atoms with van der Waals surface area (Å²) < 4.78 is 41.7. The molecule has 9 nitrogen and oxygen atoms in total. The van der Waals surface area contributed by atoms with E-state index in [1.807, 2.05) is 0 Å². The second-order valence-corrected chi connectivity index (χ2v) is 7.22. The first-order valence-corrected chi connectivity index (χ1v) is 9.52. The Hall–Kier alpha value is -3.80. The molecule has 0 aliphatic carbocycles. The van der Waals surface area contributed by atoms with Crippen LogP contribution in [0.25, 0.3) is 5.69 Å². The lowest BCUT2D eigenvalue weighted by Gasteiger charge is -2.33. The van der Waals surface area contributed by atoms with E-state index in [4.69, 9.17) is 0 Å². The Balaban J connectivity index is 1.72. The molecular formula is C20H18F3N7O2. The van der Waals surface area contributed by atoms with E-state index < -0.39 is 29.1 Å². The number of hydrogen-bond acceptors (Lipinski definition) is 6. The molecule has 2 aromatic heterocycles. The summed E-state index contributed by atoms with van der Waals surface area (Å²) in [6, 6.07) is 11.8. The van der Waals surface area contributed by atoms with E-state index in [1.165, 1.54) is 17.3 Å². The Labute approximate surface area is 179 Å². The Kier molecular flexibility index (Phi) is 5.38. The monoisotopic (exact) mass is 445 g/mol. The van der Waals surface area contributed by atoms with Gasteiger partial charge in [-0.2, -0.15) is 27.6 Å². The van der Waals surface area contributed by atoms with Gasteiger partial charge >= 0.3 is 11.9 Å². The van der Waals surface area contributed by atoms with Crippen LogP contribution in [0.5, 0.6) is 0 Å². The van der Waals surface area contributed by atoms with E-state index >= 15 is 0 Å². The minimum absolute atomic E-state index is 0.0300.